The van der Waals surface area contributed by atoms with Crippen LogP contribution in [0, 0.1) is 16.0 Å². The molecule has 0 saturated carbocycles. The fraction of sp³-hybridized carbons (Fsp3) is 0.118. The van der Waals surface area contributed by atoms with Gasteiger partial charge in [0.15, 0.2) is 0 Å². The number of carbonyl (C=O) groups is 2. The van der Waals surface area contributed by atoms with Crippen LogP contribution in [0.1, 0.15) is 5.56 Å². The lowest BCUT2D eigenvalue weighted by Crippen LogP contribution is -2.33. The van der Waals surface area contributed by atoms with Crippen molar-refractivity contribution in [3.63, 3.8) is 0 Å². The minimum atomic E-state index is -1.06. The van der Waals surface area contributed by atoms with Crippen molar-refractivity contribution < 1.29 is 19.3 Å². The van der Waals surface area contributed by atoms with E-state index >= 15 is 0 Å². The Morgan fingerprint density at radius 1 is 1.12 bits per heavy atom. The number of hydrogen-bond acceptors (Lipinski definition) is 6. The van der Waals surface area contributed by atoms with E-state index in [1.807, 2.05) is 0 Å². The molecular formula is C17H10BrN3O5. The summed E-state index contributed by atoms with van der Waals surface area (Å²) < 4.78 is 0.723. The summed E-state index contributed by atoms with van der Waals surface area (Å²) in [6, 6.07) is 12.5. The lowest BCUT2D eigenvalue weighted by Gasteiger charge is -2.15. The molecule has 2 amide bonds. The van der Waals surface area contributed by atoms with Crippen LogP contribution in [-0.4, -0.2) is 28.6 Å². The number of nitrogens with zero attached hydrogens (tertiary/aromatic N) is 3. The molecule has 2 aliphatic rings. The predicted octanol–water partition coefficient (Wildman–Crippen LogP) is 2.65. The number of imide groups is 1. The number of benzene rings is 2. The van der Waals surface area contributed by atoms with Crippen LogP contribution in [0.25, 0.3) is 0 Å². The number of nitro benzene ring substituents is 1. The number of hydrogen-bond donors (Lipinski definition) is 0. The Balaban J connectivity index is 1.71. The van der Waals surface area contributed by atoms with Crippen molar-refractivity contribution in [2.24, 2.45) is 11.1 Å². The van der Waals surface area contributed by atoms with Gasteiger partial charge in [-0.05, 0) is 18.2 Å². The average molecular weight is 416 g/mol. The zero-order chi connectivity index (χ0) is 18.4. The quantitative estimate of drug-likeness (QED) is 0.435. The molecule has 26 heavy (non-hydrogen) atoms. The number of non-ortho nitro benzene ring substituents is 1. The lowest BCUT2D eigenvalue weighted by atomic mass is 9.94. The number of rotatable bonds is 3. The second kappa shape index (κ2) is 6.03. The summed E-state index contributed by atoms with van der Waals surface area (Å²) in [7, 11) is 0. The average Bonchev–Trinajstić information content (AvgIpc) is 3.16. The van der Waals surface area contributed by atoms with Gasteiger partial charge in [0, 0.05) is 22.2 Å². The van der Waals surface area contributed by atoms with E-state index in [2.05, 4.69) is 21.1 Å². The molecule has 2 aromatic carbocycles. The first kappa shape index (κ1) is 16.4. The van der Waals surface area contributed by atoms with E-state index in [4.69, 9.17) is 4.84 Å². The molecular weight excluding hydrogens is 406 g/mol. The Morgan fingerprint density at radius 3 is 2.62 bits per heavy atom. The van der Waals surface area contributed by atoms with Gasteiger partial charge in [0.1, 0.15) is 11.6 Å². The van der Waals surface area contributed by atoms with E-state index in [0.29, 0.717) is 11.3 Å². The second-order valence-corrected chi connectivity index (χ2v) is 6.70. The molecule has 0 N–H and O–H groups in total. The van der Waals surface area contributed by atoms with Gasteiger partial charge in [-0.2, -0.15) is 0 Å². The van der Waals surface area contributed by atoms with Crippen molar-refractivity contribution in [2.75, 3.05) is 4.90 Å². The molecule has 2 aromatic rings. The van der Waals surface area contributed by atoms with Gasteiger partial charge in [-0.25, -0.2) is 4.90 Å². The van der Waals surface area contributed by atoms with Crippen LogP contribution in [0.5, 0.6) is 0 Å². The summed E-state index contributed by atoms with van der Waals surface area (Å²) in [5.74, 6) is -1.91. The van der Waals surface area contributed by atoms with Gasteiger partial charge in [-0.3, -0.25) is 19.7 Å². The number of halogens is 1. The number of amides is 2. The highest BCUT2D eigenvalue weighted by Crippen LogP contribution is 2.36. The van der Waals surface area contributed by atoms with Crippen LogP contribution in [0.2, 0.25) is 0 Å². The van der Waals surface area contributed by atoms with E-state index in [1.165, 1.54) is 18.2 Å². The third-order valence-corrected chi connectivity index (χ3v) is 4.72. The molecule has 1 saturated heterocycles. The highest BCUT2D eigenvalue weighted by molar-refractivity contribution is 9.10. The summed E-state index contributed by atoms with van der Waals surface area (Å²) in [4.78, 5) is 42.3. The van der Waals surface area contributed by atoms with Gasteiger partial charge in [-0.15, -0.1) is 0 Å². The Labute approximate surface area is 155 Å². The number of carbonyl (C=O) groups excluding carboxylic acids is 2. The van der Waals surface area contributed by atoms with Crippen LogP contribution >= 0.6 is 15.9 Å². The Hall–Kier alpha value is -3.07. The number of oxime groups is 1. The first-order valence-corrected chi connectivity index (χ1v) is 8.38. The van der Waals surface area contributed by atoms with Crippen molar-refractivity contribution in [2.45, 2.75) is 6.10 Å². The summed E-state index contributed by atoms with van der Waals surface area (Å²) in [6.07, 6.45) is -1.06. The molecule has 0 spiro atoms. The number of nitro groups is 1. The van der Waals surface area contributed by atoms with Gasteiger partial charge in [-0.1, -0.05) is 39.3 Å². The van der Waals surface area contributed by atoms with E-state index in [9.17, 15) is 19.7 Å². The summed E-state index contributed by atoms with van der Waals surface area (Å²) >= 11 is 3.31. The topological polar surface area (TPSA) is 102 Å². The third-order valence-electron chi connectivity index (χ3n) is 4.23. The van der Waals surface area contributed by atoms with Gasteiger partial charge >= 0.3 is 0 Å². The molecule has 130 valence electrons. The summed E-state index contributed by atoms with van der Waals surface area (Å²) in [5.41, 5.74) is 0.888. The standard InChI is InChI=1S/C17H10BrN3O5/c18-10-4-2-5-11(8-10)20-16(22)13-14(19-26-15(13)17(20)23)9-3-1-6-12(7-9)21(24)25/h1-8,13,15H. The first-order valence-electron chi connectivity index (χ1n) is 7.59. The zero-order valence-corrected chi connectivity index (χ0v) is 14.6. The number of anilines is 1. The largest absolute Gasteiger partial charge is 0.381 e. The molecule has 4 rings (SSSR count). The lowest BCUT2D eigenvalue weighted by molar-refractivity contribution is -0.384. The second-order valence-electron chi connectivity index (χ2n) is 5.78. The molecule has 8 nitrogen and oxygen atoms in total. The van der Waals surface area contributed by atoms with Crippen molar-refractivity contribution in [3.05, 3.63) is 68.7 Å². The van der Waals surface area contributed by atoms with Crippen LogP contribution < -0.4 is 4.90 Å². The fourth-order valence-electron chi connectivity index (χ4n) is 3.06. The van der Waals surface area contributed by atoms with E-state index in [1.54, 1.807) is 30.3 Å². The zero-order valence-electron chi connectivity index (χ0n) is 13.0. The molecule has 0 radical (unpaired) electrons. The SMILES string of the molecule is O=C1C2ON=C(c3cccc([N+](=O)[O-])c3)C2C(=O)N1c1cccc(Br)c1. The van der Waals surface area contributed by atoms with Crippen LogP contribution in [0.15, 0.2) is 58.2 Å². The predicted molar refractivity (Wildman–Crippen MR) is 94.6 cm³/mol. The molecule has 2 atom stereocenters. The van der Waals surface area contributed by atoms with Gasteiger partial charge in [0.25, 0.3) is 11.6 Å². The Kier molecular flexibility index (Phi) is 3.80. The smallest absolute Gasteiger partial charge is 0.278 e. The normalized spacial score (nSPS) is 21.4. The van der Waals surface area contributed by atoms with Gasteiger partial charge in [0.2, 0.25) is 12.0 Å². The maximum absolute atomic E-state index is 12.9. The van der Waals surface area contributed by atoms with Crippen LogP contribution in [0.3, 0.4) is 0 Å². The maximum Gasteiger partial charge on any atom is 0.278 e. The Bertz CT molecular complexity index is 990. The minimum absolute atomic E-state index is 0.130. The van der Waals surface area contributed by atoms with E-state index in [0.717, 1.165) is 9.37 Å². The molecule has 0 aromatic heterocycles. The highest BCUT2D eigenvalue weighted by atomic mass is 79.9. The van der Waals surface area contributed by atoms with Gasteiger partial charge in [0.05, 0.1) is 10.6 Å². The van der Waals surface area contributed by atoms with Crippen molar-refractivity contribution in [3.8, 4) is 0 Å². The fourth-order valence-corrected chi connectivity index (χ4v) is 3.45. The highest BCUT2D eigenvalue weighted by Gasteiger charge is 2.56. The van der Waals surface area contributed by atoms with Crippen LogP contribution in [0.4, 0.5) is 11.4 Å². The molecule has 2 unspecified atom stereocenters. The molecule has 1 fully saturated rings. The molecule has 0 bridgehead atoms. The first-order chi connectivity index (χ1) is 12.5. The van der Waals surface area contributed by atoms with Crippen molar-refractivity contribution >= 4 is 44.8 Å². The molecule has 2 heterocycles. The maximum atomic E-state index is 12.9. The molecule has 0 aliphatic carbocycles. The molecule has 9 heteroatoms. The minimum Gasteiger partial charge on any atom is -0.381 e. The van der Waals surface area contributed by atoms with Crippen molar-refractivity contribution in [1.82, 2.24) is 0 Å². The Morgan fingerprint density at radius 2 is 1.88 bits per heavy atom. The van der Waals surface area contributed by atoms with Crippen LogP contribution in [-0.2, 0) is 14.4 Å². The number of fused-ring (bicyclic) bond motifs is 1. The monoisotopic (exact) mass is 415 g/mol. The summed E-state index contributed by atoms with van der Waals surface area (Å²) in [6.45, 7) is 0. The van der Waals surface area contributed by atoms with E-state index < -0.39 is 28.8 Å². The molecule has 2 aliphatic heterocycles. The summed E-state index contributed by atoms with van der Waals surface area (Å²) in [5, 5.41) is 14.8. The van der Waals surface area contributed by atoms with Gasteiger partial charge < -0.3 is 4.84 Å². The van der Waals surface area contributed by atoms with E-state index in [-0.39, 0.29) is 11.4 Å². The van der Waals surface area contributed by atoms with Crippen molar-refractivity contribution in [1.29, 1.82) is 0 Å². The third kappa shape index (κ3) is 2.48.